The van der Waals surface area contributed by atoms with Crippen LogP contribution in [0.25, 0.3) is 0 Å². The Hall–Kier alpha value is -2.62. The number of carbonyl (C=O) groups is 1. The van der Waals surface area contributed by atoms with Gasteiger partial charge >= 0.3 is 5.97 Å². The van der Waals surface area contributed by atoms with Gasteiger partial charge < -0.3 is 4.74 Å². The standard InChI is InChI=1S/C18H18N2O2/c1-3-22-18(21)16-14-11-7-8-12-15(14)20(2)19-17(16)13-9-5-4-6-10-13/h4-12,16H,3H2,1-2H3. The molecule has 0 fully saturated rings. The molecule has 1 heterocycles. The molecule has 0 bridgehead atoms. The van der Waals surface area contributed by atoms with E-state index >= 15 is 0 Å². The number of para-hydroxylation sites is 1. The number of fused-ring (bicyclic) bond motifs is 1. The minimum absolute atomic E-state index is 0.259. The van der Waals surface area contributed by atoms with Gasteiger partial charge in [0.25, 0.3) is 0 Å². The third-order valence-corrected chi connectivity index (χ3v) is 3.72. The summed E-state index contributed by atoms with van der Waals surface area (Å²) in [7, 11) is 1.89. The number of hydrogen-bond donors (Lipinski definition) is 0. The minimum atomic E-state index is -0.491. The number of carbonyl (C=O) groups excluding carboxylic acids is 1. The first-order chi connectivity index (χ1) is 10.7. The number of anilines is 1. The average Bonchev–Trinajstić information content (AvgIpc) is 2.56. The molecule has 2 aromatic carbocycles. The molecule has 4 nitrogen and oxygen atoms in total. The van der Waals surface area contributed by atoms with Gasteiger partial charge in [-0.3, -0.25) is 9.80 Å². The van der Waals surface area contributed by atoms with Crippen LogP contribution >= 0.6 is 0 Å². The lowest BCUT2D eigenvalue weighted by Crippen LogP contribution is -2.32. The summed E-state index contributed by atoms with van der Waals surface area (Å²) >= 11 is 0. The molecule has 2 aromatic rings. The van der Waals surface area contributed by atoms with Gasteiger partial charge in [0.05, 0.1) is 18.0 Å². The van der Waals surface area contributed by atoms with Gasteiger partial charge in [0, 0.05) is 7.05 Å². The Kier molecular flexibility index (Phi) is 3.92. The van der Waals surface area contributed by atoms with Gasteiger partial charge in [0.1, 0.15) is 5.92 Å². The zero-order chi connectivity index (χ0) is 15.5. The van der Waals surface area contributed by atoms with Gasteiger partial charge in [-0.1, -0.05) is 48.5 Å². The van der Waals surface area contributed by atoms with E-state index in [4.69, 9.17) is 4.74 Å². The molecule has 0 spiro atoms. The van der Waals surface area contributed by atoms with Crippen molar-refractivity contribution in [3.63, 3.8) is 0 Å². The summed E-state index contributed by atoms with van der Waals surface area (Å²) in [5, 5.41) is 6.44. The van der Waals surface area contributed by atoms with E-state index in [9.17, 15) is 4.79 Å². The number of ether oxygens (including phenoxy) is 1. The van der Waals surface area contributed by atoms with Crippen molar-refractivity contribution in [2.24, 2.45) is 5.10 Å². The van der Waals surface area contributed by atoms with Gasteiger partial charge in [-0.15, -0.1) is 0 Å². The highest BCUT2D eigenvalue weighted by Gasteiger charge is 2.34. The Morgan fingerprint density at radius 3 is 2.55 bits per heavy atom. The molecule has 0 radical (unpaired) electrons. The summed E-state index contributed by atoms with van der Waals surface area (Å²) in [5.74, 6) is -0.750. The Morgan fingerprint density at radius 1 is 1.14 bits per heavy atom. The van der Waals surface area contributed by atoms with Crippen LogP contribution < -0.4 is 5.01 Å². The van der Waals surface area contributed by atoms with Crippen LogP contribution in [0.1, 0.15) is 24.0 Å². The molecular formula is C18H18N2O2. The maximum atomic E-state index is 12.5. The summed E-state index contributed by atoms with van der Waals surface area (Å²) in [6.45, 7) is 2.17. The van der Waals surface area contributed by atoms with E-state index in [0.717, 1.165) is 22.5 Å². The van der Waals surface area contributed by atoms with Gasteiger partial charge in [-0.05, 0) is 24.1 Å². The summed E-state index contributed by atoms with van der Waals surface area (Å²) in [5.41, 5.74) is 3.51. The fraction of sp³-hybridized carbons (Fsp3) is 0.222. The molecule has 1 aliphatic rings. The number of rotatable bonds is 3. The third-order valence-electron chi connectivity index (χ3n) is 3.72. The molecule has 0 saturated heterocycles. The van der Waals surface area contributed by atoms with Crippen LogP contribution in [-0.2, 0) is 9.53 Å². The maximum absolute atomic E-state index is 12.5. The number of nitrogens with zero attached hydrogens (tertiary/aromatic N) is 2. The van der Waals surface area contributed by atoms with E-state index in [1.54, 1.807) is 0 Å². The molecule has 0 amide bonds. The summed E-state index contributed by atoms with van der Waals surface area (Å²) < 4.78 is 5.29. The largest absolute Gasteiger partial charge is 0.465 e. The molecule has 0 N–H and O–H groups in total. The van der Waals surface area contributed by atoms with Crippen LogP contribution in [0.2, 0.25) is 0 Å². The van der Waals surface area contributed by atoms with Crippen molar-refractivity contribution in [1.82, 2.24) is 0 Å². The van der Waals surface area contributed by atoms with E-state index in [2.05, 4.69) is 5.10 Å². The fourth-order valence-corrected chi connectivity index (χ4v) is 2.74. The van der Waals surface area contributed by atoms with Gasteiger partial charge in [-0.2, -0.15) is 5.10 Å². The Labute approximate surface area is 130 Å². The number of esters is 1. The Morgan fingerprint density at radius 2 is 1.82 bits per heavy atom. The highest BCUT2D eigenvalue weighted by molar-refractivity contribution is 6.17. The number of benzene rings is 2. The number of hydrogen-bond acceptors (Lipinski definition) is 4. The van der Waals surface area contributed by atoms with Crippen molar-refractivity contribution in [1.29, 1.82) is 0 Å². The zero-order valence-corrected chi connectivity index (χ0v) is 12.7. The van der Waals surface area contributed by atoms with Gasteiger partial charge in [-0.25, -0.2) is 0 Å². The van der Waals surface area contributed by atoms with Crippen LogP contribution in [0.15, 0.2) is 59.7 Å². The van der Waals surface area contributed by atoms with E-state index in [1.165, 1.54) is 0 Å². The summed E-state index contributed by atoms with van der Waals surface area (Å²) in [6.07, 6.45) is 0. The van der Waals surface area contributed by atoms with Crippen LogP contribution in [0.3, 0.4) is 0 Å². The molecule has 0 saturated carbocycles. The van der Waals surface area contributed by atoms with E-state index in [-0.39, 0.29) is 5.97 Å². The first kappa shape index (κ1) is 14.3. The first-order valence-electron chi connectivity index (χ1n) is 7.35. The van der Waals surface area contributed by atoms with E-state index < -0.39 is 5.92 Å². The lowest BCUT2D eigenvalue weighted by Gasteiger charge is -2.30. The van der Waals surface area contributed by atoms with Crippen LogP contribution in [0.4, 0.5) is 5.69 Å². The van der Waals surface area contributed by atoms with Crippen LogP contribution in [0.5, 0.6) is 0 Å². The molecule has 1 atom stereocenters. The second-order valence-electron chi connectivity index (χ2n) is 5.12. The molecule has 0 aromatic heterocycles. The Balaban J connectivity index is 2.13. The second-order valence-corrected chi connectivity index (χ2v) is 5.12. The quantitative estimate of drug-likeness (QED) is 0.816. The van der Waals surface area contributed by atoms with Crippen LogP contribution in [0, 0.1) is 0 Å². The van der Waals surface area contributed by atoms with E-state index in [0.29, 0.717) is 6.61 Å². The molecule has 3 rings (SSSR count). The maximum Gasteiger partial charge on any atom is 0.319 e. The van der Waals surface area contributed by atoms with Gasteiger partial charge in [0.15, 0.2) is 0 Å². The first-order valence-corrected chi connectivity index (χ1v) is 7.35. The predicted octanol–water partition coefficient (Wildman–Crippen LogP) is 3.19. The van der Waals surface area contributed by atoms with Crippen LogP contribution in [-0.4, -0.2) is 25.3 Å². The molecule has 1 aliphatic heterocycles. The van der Waals surface area contributed by atoms with Crippen molar-refractivity contribution in [2.75, 3.05) is 18.7 Å². The van der Waals surface area contributed by atoms with Crippen molar-refractivity contribution in [3.05, 3.63) is 65.7 Å². The topological polar surface area (TPSA) is 41.9 Å². The van der Waals surface area contributed by atoms with Gasteiger partial charge in [0.2, 0.25) is 0 Å². The second kappa shape index (κ2) is 6.02. The fourth-order valence-electron chi connectivity index (χ4n) is 2.74. The van der Waals surface area contributed by atoms with Crippen molar-refractivity contribution < 1.29 is 9.53 Å². The molecule has 22 heavy (non-hydrogen) atoms. The minimum Gasteiger partial charge on any atom is -0.465 e. The average molecular weight is 294 g/mol. The summed E-state index contributed by atoms with van der Waals surface area (Å²) in [4.78, 5) is 12.5. The smallest absolute Gasteiger partial charge is 0.319 e. The van der Waals surface area contributed by atoms with E-state index in [1.807, 2.05) is 73.6 Å². The summed E-state index contributed by atoms with van der Waals surface area (Å²) in [6, 6.07) is 17.6. The SMILES string of the molecule is CCOC(=O)C1C(c2ccccc2)=NN(C)c2ccccc21. The monoisotopic (exact) mass is 294 g/mol. The van der Waals surface area contributed by atoms with Crippen molar-refractivity contribution in [2.45, 2.75) is 12.8 Å². The molecule has 0 aliphatic carbocycles. The van der Waals surface area contributed by atoms with Crippen molar-refractivity contribution >= 4 is 17.4 Å². The Bertz CT molecular complexity index is 710. The lowest BCUT2D eigenvalue weighted by molar-refractivity contribution is -0.143. The highest BCUT2D eigenvalue weighted by atomic mass is 16.5. The molecule has 112 valence electrons. The molecular weight excluding hydrogens is 276 g/mol. The predicted molar refractivity (Wildman–Crippen MR) is 87.2 cm³/mol. The third kappa shape index (κ3) is 2.48. The molecule has 4 heteroatoms. The zero-order valence-electron chi connectivity index (χ0n) is 12.7. The molecule has 1 unspecified atom stereocenters. The lowest BCUT2D eigenvalue weighted by atomic mass is 9.87. The highest BCUT2D eigenvalue weighted by Crippen LogP contribution is 2.35. The van der Waals surface area contributed by atoms with Crippen molar-refractivity contribution in [3.8, 4) is 0 Å². The normalized spacial score (nSPS) is 16.7. The number of hydrazone groups is 1.